The van der Waals surface area contributed by atoms with Gasteiger partial charge in [0.2, 0.25) is 5.78 Å². The number of carbonyl (C=O) groups is 2. The number of Topliss-reactive ketones (excluding diaryl/α,β-unsaturated/α-hetero) is 1. The van der Waals surface area contributed by atoms with Crippen LogP contribution < -0.4 is 4.90 Å². The summed E-state index contributed by atoms with van der Waals surface area (Å²) in [6, 6.07) is 22.1. The van der Waals surface area contributed by atoms with Gasteiger partial charge in [-0.3, -0.25) is 4.79 Å². The van der Waals surface area contributed by atoms with Gasteiger partial charge in [-0.1, -0.05) is 59.7 Å². The number of rotatable bonds is 8. The quantitative estimate of drug-likeness (QED) is 0.338. The van der Waals surface area contributed by atoms with E-state index in [0.29, 0.717) is 16.7 Å². The van der Waals surface area contributed by atoms with Crippen LogP contribution in [0.4, 0.5) is 5.69 Å². The van der Waals surface area contributed by atoms with Crippen LogP contribution in [0.2, 0.25) is 0 Å². The van der Waals surface area contributed by atoms with Gasteiger partial charge in [0.25, 0.3) is 0 Å². The number of aryl methyl sites for hydroxylation is 2. The topological polar surface area (TPSA) is 46.6 Å². The standard InChI is InChI=1S/C27H29NO3/c1-5-28(6-2)24-17-15-23(16-18-24)27(30)31-26(22-13-9-20(4)10-14-22)25(29)21-11-7-19(3)8-12-21/h7-18,26H,5-6H2,1-4H3/t26-/m0/s1. The van der Waals surface area contributed by atoms with Crippen molar-refractivity contribution in [2.75, 3.05) is 18.0 Å². The van der Waals surface area contributed by atoms with Crippen LogP contribution in [0, 0.1) is 13.8 Å². The Morgan fingerprint density at radius 3 is 1.74 bits per heavy atom. The lowest BCUT2D eigenvalue weighted by atomic mass is 9.98. The highest BCUT2D eigenvalue weighted by Gasteiger charge is 2.27. The molecule has 0 radical (unpaired) electrons. The zero-order valence-electron chi connectivity index (χ0n) is 18.6. The summed E-state index contributed by atoms with van der Waals surface area (Å²) in [5.74, 6) is -0.755. The van der Waals surface area contributed by atoms with E-state index in [2.05, 4.69) is 18.7 Å². The fourth-order valence-electron chi connectivity index (χ4n) is 3.46. The Morgan fingerprint density at radius 2 is 1.23 bits per heavy atom. The number of anilines is 1. The molecular formula is C27H29NO3. The van der Waals surface area contributed by atoms with Crippen LogP contribution in [-0.2, 0) is 4.74 Å². The van der Waals surface area contributed by atoms with E-state index >= 15 is 0 Å². The van der Waals surface area contributed by atoms with Crippen molar-refractivity contribution in [3.05, 3.63) is 101 Å². The fraction of sp³-hybridized carbons (Fsp3) is 0.259. The summed E-state index contributed by atoms with van der Waals surface area (Å²) in [4.78, 5) is 28.4. The summed E-state index contributed by atoms with van der Waals surface area (Å²) >= 11 is 0. The number of hydrogen-bond acceptors (Lipinski definition) is 4. The molecule has 0 unspecified atom stereocenters. The lowest BCUT2D eigenvalue weighted by Gasteiger charge is -2.21. The zero-order chi connectivity index (χ0) is 22.4. The molecule has 1 atom stereocenters. The van der Waals surface area contributed by atoms with Gasteiger partial charge in [0.15, 0.2) is 6.10 Å². The molecule has 3 aromatic carbocycles. The monoisotopic (exact) mass is 415 g/mol. The second-order valence-electron chi connectivity index (χ2n) is 7.65. The molecule has 0 saturated heterocycles. The SMILES string of the molecule is CCN(CC)c1ccc(C(=O)O[C@H](C(=O)c2ccc(C)cc2)c2ccc(C)cc2)cc1. The smallest absolute Gasteiger partial charge is 0.339 e. The van der Waals surface area contributed by atoms with Crippen LogP contribution in [0.1, 0.15) is 57.4 Å². The van der Waals surface area contributed by atoms with Gasteiger partial charge in [-0.15, -0.1) is 0 Å². The summed E-state index contributed by atoms with van der Waals surface area (Å²) in [6.07, 6.45) is -1.00. The van der Waals surface area contributed by atoms with E-state index in [1.807, 2.05) is 62.4 Å². The van der Waals surface area contributed by atoms with Crippen molar-refractivity contribution >= 4 is 17.4 Å². The average Bonchev–Trinajstić information content (AvgIpc) is 2.79. The predicted molar refractivity (Wildman–Crippen MR) is 125 cm³/mol. The minimum Gasteiger partial charge on any atom is -0.445 e. The molecule has 0 aliphatic rings. The Kier molecular flexibility index (Phi) is 7.24. The molecule has 0 saturated carbocycles. The molecule has 0 spiro atoms. The van der Waals surface area contributed by atoms with Crippen molar-refractivity contribution in [2.45, 2.75) is 33.8 Å². The van der Waals surface area contributed by atoms with Crippen LogP contribution >= 0.6 is 0 Å². The minimum absolute atomic E-state index is 0.239. The fourth-order valence-corrected chi connectivity index (χ4v) is 3.46. The van der Waals surface area contributed by atoms with Crippen molar-refractivity contribution in [1.29, 1.82) is 0 Å². The largest absolute Gasteiger partial charge is 0.445 e. The Hall–Kier alpha value is -3.40. The van der Waals surface area contributed by atoms with E-state index in [0.717, 1.165) is 29.9 Å². The molecule has 0 heterocycles. The molecule has 3 aromatic rings. The van der Waals surface area contributed by atoms with Gasteiger partial charge in [-0.25, -0.2) is 4.79 Å². The Labute approximate surface area is 184 Å². The maximum Gasteiger partial charge on any atom is 0.339 e. The first-order valence-corrected chi connectivity index (χ1v) is 10.7. The van der Waals surface area contributed by atoms with E-state index < -0.39 is 12.1 Å². The van der Waals surface area contributed by atoms with Crippen LogP contribution in [-0.4, -0.2) is 24.8 Å². The zero-order valence-corrected chi connectivity index (χ0v) is 18.6. The van der Waals surface area contributed by atoms with Crippen LogP contribution in [0.25, 0.3) is 0 Å². The number of hydrogen-bond donors (Lipinski definition) is 0. The Bertz CT molecular complexity index is 1020. The average molecular weight is 416 g/mol. The summed E-state index contributed by atoms with van der Waals surface area (Å²) in [7, 11) is 0. The molecule has 4 heteroatoms. The van der Waals surface area contributed by atoms with Gasteiger partial charge in [-0.05, 0) is 52.0 Å². The molecule has 160 valence electrons. The third kappa shape index (κ3) is 5.40. The summed E-state index contributed by atoms with van der Waals surface area (Å²) in [5.41, 5.74) is 4.78. The number of nitrogens with zero attached hydrogens (tertiary/aromatic N) is 1. The Morgan fingerprint density at radius 1 is 0.742 bits per heavy atom. The molecule has 4 nitrogen and oxygen atoms in total. The highest BCUT2D eigenvalue weighted by molar-refractivity contribution is 6.02. The summed E-state index contributed by atoms with van der Waals surface area (Å²) in [5, 5.41) is 0. The van der Waals surface area contributed by atoms with Gasteiger partial charge >= 0.3 is 5.97 Å². The highest BCUT2D eigenvalue weighted by atomic mass is 16.5. The number of esters is 1. The first kappa shape index (κ1) is 22.3. The van der Waals surface area contributed by atoms with E-state index in [9.17, 15) is 9.59 Å². The molecular weight excluding hydrogens is 386 g/mol. The van der Waals surface area contributed by atoms with Gasteiger partial charge in [0, 0.05) is 29.9 Å². The van der Waals surface area contributed by atoms with Crippen molar-refractivity contribution in [1.82, 2.24) is 0 Å². The van der Waals surface area contributed by atoms with Gasteiger partial charge < -0.3 is 9.64 Å². The molecule has 0 amide bonds. The van der Waals surface area contributed by atoms with Gasteiger partial charge in [0.05, 0.1) is 5.56 Å². The highest BCUT2D eigenvalue weighted by Crippen LogP contribution is 2.25. The van der Waals surface area contributed by atoms with Gasteiger partial charge in [0.1, 0.15) is 0 Å². The normalized spacial score (nSPS) is 11.6. The first-order valence-electron chi connectivity index (χ1n) is 10.7. The van der Waals surface area contributed by atoms with Crippen molar-refractivity contribution in [3.63, 3.8) is 0 Å². The second kappa shape index (κ2) is 10.1. The number of ether oxygens (including phenoxy) is 1. The molecule has 0 aliphatic heterocycles. The molecule has 0 N–H and O–H groups in total. The number of carbonyl (C=O) groups excluding carboxylic acids is 2. The molecule has 0 bridgehead atoms. The maximum atomic E-state index is 13.2. The number of ketones is 1. The molecule has 0 aliphatic carbocycles. The third-order valence-electron chi connectivity index (χ3n) is 5.41. The second-order valence-corrected chi connectivity index (χ2v) is 7.65. The third-order valence-corrected chi connectivity index (χ3v) is 5.41. The van der Waals surface area contributed by atoms with Crippen LogP contribution in [0.15, 0.2) is 72.8 Å². The van der Waals surface area contributed by atoms with E-state index in [1.165, 1.54) is 0 Å². The van der Waals surface area contributed by atoms with Crippen LogP contribution in [0.5, 0.6) is 0 Å². The molecule has 0 fully saturated rings. The minimum atomic E-state index is -1.00. The lowest BCUT2D eigenvalue weighted by Crippen LogP contribution is -2.22. The van der Waals surface area contributed by atoms with E-state index in [-0.39, 0.29) is 5.78 Å². The van der Waals surface area contributed by atoms with E-state index in [4.69, 9.17) is 4.74 Å². The van der Waals surface area contributed by atoms with E-state index in [1.54, 1.807) is 24.3 Å². The molecule has 0 aromatic heterocycles. The van der Waals surface area contributed by atoms with Crippen LogP contribution in [0.3, 0.4) is 0 Å². The summed E-state index contributed by atoms with van der Waals surface area (Å²) in [6.45, 7) is 9.91. The van der Waals surface area contributed by atoms with Gasteiger partial charge in [-0.2, -0.15) is 0 Å². The first-order chi connectivity index (χ1) is 14.9. The number of benzene rings is 3. The maximum absolute atomic E-state index is 13.2. The molecule has 3 rings (SSSR count). The lowest BCUT2D eigenvalue weighted by molar-refractivity contribution is 0.0280. The Balaban J connectivity index is 1.87. The molecule has 31 heavy (non-hydrogen) atoms. The predicted octanol–water partition coefficient (Wildman–Crippen LogP) is 5.93. The summed E-state index contributed by atoms with van der Waals surface area (Å²) < 4.78 is 5.76. The van der Waals surface area contributed by atoms with Crippen molar-refractivity contribution in [3.8, 4) is 0 Å². The van der Waals surface area contributed by atoms with Crippen molar-refractivity contribution in [2.24, 2.45) is 0 Å². The van der Waals surface area contributed by atoms with Crippen molar-refractivity contribution < 1.29 is 14.3 Å².